The van der Waals surface area contributed by atoms with E-state index in [1.54, 1.807) is 13.8 Å². The third kappa shape index (κ3) is 5.20. The molecule has 0 N–H and O–H groups in total. The SMILES string of the molecule is C=CCOC(=O)C(C)(C)CCC(=O)OC. The molecule has 0 aromatic rings. The summed E-state index contributed by atoms with van der Waals surface area (Å²) < 4.78 is 9.41. The summed E-state index contributed by atoms with van der Waals surface area (Å²) in [5.74, 6) is -0.647. The fourth-order valence-electron chi connectivity index (χ4n) is 0.949. The first-order valence-corrected chi connectivity index (χ1v) is 4.79. The Morgan fingerprint density at radius 3 is 2.47 bits per heavy atom. The Bertz CT molecular complexity index is 243. The van der Waals surface area contributed by atoms with E-state index in [1.807, 2.05) is 0 Å². The minimum Gasteiger partial charge on any atom is -0.469 e. The zero-order chi connectivity index (χ0) is 11.9. The van der Waals surface area contributed by atoms with Crippen LogP contribution in [-0.4, -0.2) is 25.7 Å². The van der Waals surface area contributed by atoms with Gasteiger partial charge in [-0.05, 0) is 20.3 Å². The summed E-state index contributed by atoms with van der Waals surface area (Å²) in [6.45, 7) is 7.12. The molecule has 0 aliphatic rings. The monoisotopic (exact) mass is 214 g/mol. The molecule has 0 radical (unpaired) electrons. The Morgan fingerprint density at radius 2 is 2.00 bits per heavy atom. The summed E-state index contributed by atoms with van der Waals surface area (Å²) in [5, 5.41) is 0. The summed E-state index contributed by atoms with van der Waals surface area (Å²) in [6.07, 6.45) is 2.14. The third-order valence-corrected chi connectivity index (χ3v) is 2.07. The van der Waals surface area contributed by atoms with Crippen LogP contribution in [0.25, 0.3) is 0 Å². The molecule has 0 spiro atoms. The Labute approximate surface area is 90.2 Å². The van der Waals surface area contributed by atoms with Crippen LogP contribution in [-0.2, 0) is 19.1 Å². The van der Waals surface area contributed by atoms with Crippen LogP contribution in [0.2, 0.25) is 0 Å². The van der Waals surface area contributed by atoms with E-state index in [0.717, 1.165) is 0 Å². The van der Waals surface area contributed by atoms with Crippen LogP contribution in [0, 0.1) is 5.41 Å². The molecule has 15 heavy (non-hydrogen) atoms. The van der Waals surface area contributed by atoms with Gasteiger partial charge in [-0.2, -0.15) is 0 Å². The maximum atomic E-state index is 11.5. The second-order valence-electron chi connectivity index (χ2n) is 3.85. The molecule has 0 saturated carbocycles. The molecule has 0 heterocycles. The first kappa shape index (κ1) is 13.7. The van der Waals surface area contributed by atoms with Gasteiger partial charge in [-0.25, -0.2) is 0 Å². The lowest BCUT2D eigenvalue weighted by Gasteiger charge is -2.21. The molecule has 0 aromatic carbocycles. The van der Waals surface area contributed by atoms with Crippen LogP contribution < -0.4 is 0 Å². The number of hydrogen-bond acceptors (Lipinski definition) is 4. The van der Waals surface area contributed by atoms with Crippen molar-refractivity contribution in [2.24, 2.45) is 5.41 Å². The molecule has 4 heteroatoms. The van der Waals surface area contributed by atoms with Crippen molar-refractivity contribution >= 4 is 11.9 Å². The highest BCUT2D eigenvalue weighted by Crippen LogP contribution is 2.24. The van der Waals surface area contributed by atoms with E-state index in [9.17, 15) is 9.59 Å². The summed E-state index contributed by atoms with van der Waals surface area (Å²) in [4.78, 5) is 22.4. The molecule has 4 nitrogen and oxygen atoms in total. The van der Waals surface area contributed by atoms with Gasteiger partial charge in [0.15, 0.2) is 0 Å². The topological polar surface area (TPSA) is 52.6 Å². The van der Waals surface area contributed by atoms with E-state index in [1.165, 1.54) is 13.2 Å². The second kappa shape index (κ2) is 6.22. The molecule has 0 bridgehead atoms. The molecule has 0 aliphatic heterocycles. The average Bonchev–Trinajstić information content (AvgIpc) is 2.22. The second-order valence-corrected chi connectivity index (χ2v) is 3.85. The molecule has 0 rings (SSSR count). The lowest BCUT2D eigenvalue weighted by atomic mass is 9.88. The van der Waals surface area contributed by atoms with E-state index in [-0.39, 0.29) is 25.0 Å². The molecule has 0 saturated heterocycles. The number of hydrogen-bond donors (Lipinski definition) is 0. The van der Waals surface area contributed by atoms with Gasteiger partial charge < -0.3 is 9.47 Å². The molecule has 0 atom stereocenters. The highest BCUT2D eigenvalue weighted by atomic mass is 16.5. The highest BCUT2D eigenvalue weighted by Gasteiger charge is 2.29. The quantitative estimate of drug-likeness (QED) is 0.498. The molecule has 0 unspecified atom stereocenters. The van der Waals surface area contributed by atoms with Crippen molar-refractivity contribution in [2.75, 3.05) is 13.7 Å². The summed E-state index contributed by atoms with van der Waals surface area (Å²) in [6, 6.07) is 0. The van der Waals surface area contributed by atoms with Gasteiger partial charge in [-0.1, -0.05) is 12.7 Å². The van der Waals surface area contributed by atoms with Crippen molar-refractivity contribution in [3.05, 3.63) is 12.7 Å². The minimum atomic E-state index is -0.669. The third-order valence-electron chi connectivity index (χ3n) is 2.07. The van der Waals surface area contributed by atoms with E-state index in [0.29, 0.717) is 6.42 Å². The Balaban J connectivity index is 4.09. The van der Waals surface area contributed by atoms with Gasteiger partial charge in [0.1, 0.15) is 6.61 Å². The maximum Gasteiger partial charge on any atom is 0.311 e. The lowest BCUT2D eigenvalue weighted by Crippen LogP contribution is -2.27. The van der Waals surface area contributed by atoms with Crippen molar-refractivity contribution in [3.63, 3.8) is 0 Å². The van der Waals surface area contributed by atoms with E-state index >= 15 is 0 Å². The molecular formula is C11H18O4. The molecular weight excluding hydrogens is 196 g/mol. The molecule has 0 amide bonds. The number of rotatable bonds is 6. The summed E-state index contributed by atoms with van der Waals surface area (Å²) in [5.41, 5.74) is -0.669. The number of carbonyl (C=O) groups is 2. The standard InChI is InChI=1S/C11H18O4/c1-5-8-15-10(13)11(2,3)7-6-9(12)14-4/h5H,1,6-8H2,2-4H3. The van der Waals surface area contributed by atoms with Gasteiger partial charge in [0.2, 0.25) is 0 Å². The minimum absolute atomic E-state index is 0.195. The first-order chi connectivity index (χ1) is 6.94. The Morgan fingerprint density at radius 1 is 1.40 bits per heavy atom. The zero-order valence-corrected chi connectivity index (χ0v) is 9.54. The number of esters is 2. The predicted octanol–water partition coefficient (Wildman–Crippen LogP) is 1.70. The van der Waals surface area contributed by atoms with E-state index in [4.69, 9.17) is 4.74 Å². The maximum absolute atomic E-state index is 11.5. The average molecular weight is 214 g/mol. The van der Waals surface area contributed by atoms with E-state index in [2.05, 4.69) is 11.3 Å². The van der Waals surface area contributed by atoms with Gasteiger partial charge in [0, 0.05) is 6.42 Å². The van der Waals surface area contributed by atoms with Crippen molar-refractivity contribution in [1.29, 1.82) is 0 Å². The van der Waals surface area contributed by atoms with Crippen LogP contribution in [0.3, 0.4) is 0 Å². The Hall–Kier alpha value is -1.32. The fraction of sp³-hybridized carbons (Fsp3) is 0.636. The summed E-state index contributed by atoms with van der Waals surface area (Å²) in [7, 11) is 1.32. The molecule has 0 aromatic heterocycles. The van der Waals surface area contributed by atoms with Gasteiger partial charge in [0.05, 0.1) is 12.5 Å². The van der Waals surface area contributed by atoms with Gasteiger partial charge in [-0.15, -0.1) is 0 Å². The zero-order valence-electron chi connectivity index (χ0n) is 9.54. The van der Waals surface area contributed by atoms with Gasteiger partial charge in [-0.3, -0.25) is 9.59 Å². The van der Waals surface area contributed by atoms with E-state index < -0.39 is 5.41 Å². The van der Waals surface area contributed by atoms with Gasteiger partial charge in [0.25, 0.3) is 0 Å². The highest BCUT2D eigenvalue weighted by molar-refractivity contribution is 5.77. The van der Waals surface area contributed by atoms with Crippen LogP contribution in [0.4, 0.5) is 0 Å². The van der Waals surface area contributed by atoms with Crippen LogP contribution in [0.1, 0.15) is 26.7 Å². The van der Waals surface area contributed by atoms with Gasteiger partial charge >= 0.3 is 11.9 Å². The van der Waals surface area contributed by atoms with Crippen molar-refractivity contribution < 1.29 is 19.1 Å². The van der Waals surface area contributed by atoms with Crippen molar-refractivity contribution in [2.45, 2.75) is 26.7 Å². The molecule has 86 valence electrons. The number of carbonyl (C=O) groups excluding carboxylic acids is 2. The first-order valence-electron chi connectivity index (χ1n) is 4.79. The number of methoxy groups -OCH3 is 1. The van der Waals surface area contributed by atoms with Crippen molar-refractivity contribution in [3.8, 4) is 0 Å². The largest absolute Gasteiger partial charge is 0.469 e. The lowest BCUT2D eigenvalue weighted by molar-refractivity contribution is -0.153. The summed E-state index contributed by atoms with van der Waals surface area (Å²) >= 11 is 0. The van der Waals surface area contributed by atoms with Crippen molar-refractivity contribution in [1.82, 2.24) is 0 Å². The Kier molecular flexibility index (Phi) is 5.67. The molecule has 0 fully saturated rings. The van der Waals surface area contributed by atoms with Crippen LogP contribution in [0.15, 0.2) is 12.7 Å². The molecule has 0 aliphatic carbocycles. The van der Waals surface area contributed by atoms with Crippen LogP contribution >= 0.6 is 0 Å². The van der Waals surface area contributed by atoms with Crippen LogP contribution in [0.5, 0.6) is 0 Å². The fourth-order valence-corrected chi connectivity index (χ4v) is 0.949. The smallest absolute Gasteiger partial charge is 0.311 e. The number of ether oxygens (including phenoxy) is 2. The predicted molar refractivity (Wildman–Crippen MR) is 56.2 cm³/mol. The normalized spacial score (nSPS) is 10.6.